The van der Waals surface area contributed by atoms with E-state index < -0.39 is 23.8 Å². The Kier molecular flexibility index (Phi) is 3.79. The Balaban J connectivity index is 2.63. The largest absolute Gasteiger partial charge is 0.444 e. The molecule has 2 atom stereocenters. The molecule has 17 heavy (non-hydrogen) atoms. The second kappa shape index (κ2) is 4.77. The Morgan fingerprint density at radius 3 is 2.59 bits per heavy atom. The second-order valence-corrected chi connectivity index (χ2v) is 5.03. The maximum Gasteiger partial charge on any atom is 0.410 e. The van der Waals surface area contributed by atoms with Gasteiger partial charge in [0, 0.05) is 6.54 Å². The molecule has 3 N–H and O–H groups in total. The highest BCUT2D eigenvalue weighted by Crippen LogP contribution is 2.22. The number of oxime groups is 1. The van der Waals surface area contributed by atoms with Crippen molar-refractivity contribution in [3.63, 3.8) is 0 Å². The molecule has 0 radical (unpaired) electrons. The Hall–Kier alpha value is -1.53. The lowest BCUT2D eigenvalue weighted by atomic mass is 10.1. The predicted molar refractivity (Wildman–Crippen MR) is 59.6 cm³/mol. The van der Waals surface area contributed by atoms with Gasteiger partial charge < -0.3 is 20.6 Å². The van der Waals surface area contributed by atoms with Gasteiger partial charge in [-0.25, -0.2) is 9.18 Å². The van der Waals surface area contributed by atoms with Crippen LogP contribution in [0, 0.1) is 5.92 Å². The highest BCUT2D eigenvalue weighted by molar-refractivity contribution is 5.84. The summed E-state index contributed by atoms with van der Waals surface area (Å²) in [5.41, 5.74) is 4.71. The molecule has 0 spiro atoms. The van der Waals surface area contributed by atoms with Crippen molar-refractivity contribution in [3.8, 4) is 0 Å². The molecule has 1 amide bonds. The van der Waals surface area contributed by atoms with E-state index in [4.69, 9.17) is 15.7 Å². The van der Waals surface area contributed by atoms with Crippen LogP contribution in [0.5, 0.6) is 0 Å². The smallest absolute Gasteiger partial charge is 0.410 e. The van der Waals surface area contributed by atoms with Gasteiger partial charge in [-0.15, -0.1) is 0 Å². The summed E-state index contributed by atoms with van der Waals surface area (Å²) < 4.78 is 18.7. The molecule has 7 heteroatoms. The molecule has 1 aliphatic rings. The van der Waals surface area contributed by atoms with E-state index in [1.54, 1.807) is 20.8 Å². The molecule has 1 fully saturated rings. The van der Waals surface area contributed by atoms with Gasteiger partial charge in [0.2, 0.25) is 0 Å². The lowest BCUT2D eigenvalue weighted by molar-refractivity contribution is 0.0282. The van der Waals surface area contributed by atoms with E-state index in [9.17, 15) is 9.18 Å². The van der Waals surface area contributed by atoms with Crippen molar-refractivity contribution < 1.29 is 19.1 Å². The summed E-state index contributed by atoms with van der Waals surface area (Å²) >= 11 is 0. The number of likely N-dealkylation sites (tertiary alicyclic amines) is 1. The minimum atomic E-state index is -1.33. The first-order valence-electron chi connectivity index (χ1n) is 5.34. The lowest BCUT2D eigenvalue weighted by Crippen LogP contribution is -2.36. The van der Waals surface area contributed by atoms with E-state index in [1.807, 2.05) is 0 Å². The van der Waals surface area contributed by atoms with Gasteiger partial charge in [0.05, 0.1) is 12.5 Å². The Morgan fingerprint density at radius 2 is 2.12 bits per heavy atom. The number of alkyl halides is 1. The summed E-state index contributed by atoms with van der Waals surface area (Å²) in [6.45, 7) is 5.15. The number of rotatable bonds is 1. The number of hydrogen-bond donors (Lipinski definition) is 2. The average Bonchev–Trinajstić information content (AvgIpc) is 2.57. The number of carbonyl (C=O) groups excluding carboxylic acids is 1. The minimum absolute atomic E-state index is 0.0615. The predicted octanol–water partition coefficient (Wildman–Crippen LogP) is 0.938. The quantitative estimate of drug-likeness (QED) is 0.312. The molecule has 1 heterocycles. The third-order valence-corrected chi connectivity index (χ3v) is 2.40. The highest BCUT2D eigenvalue weighted by Gasteiger charge is 2.39. The molecular formula is C10H18FN3O3. The van der Waals surface area contributed by atoms with Gasteiger partial charge in [0.1, 0.15) is 17.6 Å². The minimum Gasteiger partial charge on any atom is -0.444 e. The molecule has 1 rings (SSSR count). The Labute approximate surface area is 99.2 Å². The molecule has 0 aromatic carbocycles. The highest BCUT2D eigenvalue weighted by atomic mass is 19.1. The molecule has 1 aliphatic heterocycles. The summed E-state index contributed by atoms with van der Waals surface area (Å²) in [7, 11) is 0. The van der Waals surface area contributed by atoms with E-state index in [2.05, 4.69) is 5.16 Å². The topological polar surface area (TPSA) is 88.2 Å². The number of amides is 1. The third-order valence-electron chi connectivity index (χ3n) is 2.40. The van der Waals surface area contributed by atoms with Crippen LogP contribution >= 0.6 is 0 Å². The SMILES string of the molecule is CC(C)(C)OC(=O)N1C[C@@H](F)[C@@H](/C(N)=N/O)C1. The summed E-state index contributed by atoms with van der Waals surface area (Å²) in [4.78, 5) is 12.9. The number of nitrogens with two attached hydrogens (primary N) is 1. The monoisotopic (exact) mass is 247 g/mol. The van der Waals surface area contributed by atoms with Crippen LogP contribution in [-0.2, 0) is 4.74 Å². The van der Waals surface area contributed by atoms with Gasteiger partial charge >= 0.3 is 6.09 Å². The van der Waals surface area contributed by atoms with Gasteiger partial charge in [-0.05, 0) is 20.8 Å². The average molecular weight is 247 g/mol. The Morgan fingerprint density at radius 1 is 1.53 bits per heavy atom. The number of carbonyl (C=O) groups is 1. The van der Waals surface area contributed by atoms with Crippen molar-refractivity contribution in [2.45, 2.75) is 32.5 Å². The van der Waals surface area contributed by atoms with Crippen LogP contribution < -0.4 is 5.73 Å². The Bertz CT molecular complexity index is 327. The van der Waals surface area contributed by atoms with Crippen molar-refractivity contribution in [1.82, 2.24) is 4.90 Å². The molecular weight excluding hydrogens is 229 g/mol. The van der Waals surface area contributed by atoms with Crippen LogP contribution in [0.3, 0.4) is 0 Å². The van der Waals surface area contributed by atoms with E-state index in [-0.39, 0.29) is 18.9 Å². The van der Waals surface area contributed by atoms with E-state index in [0.717, 1.165) is 0 Å². The van der Waals surface area contributed by atoms with Crippen molar-refractivity contribution in [1.29, 1.82) is 0 Å². The first-order valence-corrected chi connectivity index (χ1v) is 5.34. The summed E-state index contributed by atoms with van der Waals surface area (Å²) in [6, 6.07) is 0. The summed E-state index contributed by atoms with van der Waals surface area (Å²) in [6.07, 6.45) is -1.92. The van der Waals surface area contributed by atoms with Crippen LogP contribution in [0.1, 0.15) is 20.8 Å². The van der Waals surface area contributed by atoms with Crippen molar-refractivity contribution in [3.05, 3.63) is 0 Å². The zero-order valence-corrected chi connectivity index (χ0v) is 10.2. The third kappa shape index (κ3) is 3.47. The van der Waals surface area contributed by atoms with E-state index >= 15 is 0 Å². The first-order chi connectivity index (χ1) is 7.74. The zero-order chi connectivity index (χ0) is 13.2. The molecule has 6 nitrogen and oxygen atoms in total. The number of hydrogen-bond acceptors (Lipinski definition) is 4. The van der Waals surface area contributed by atoms with Crippen LogP contribution in [-0.4, -0.2) is 46.9 Å². The van der Waals surface area contributed by atoms with Gasteiger partial charge in [-0.1, -0.05) is 5.16 Å². The van der Waals surface area contributed by atoms with Crippen molar-refractivity contribution in [2.75, 3.05) is 13.1 Å². The standard InChI is InChI=1S/C10H18FN3O3/c1-10(2,3)17-9(15)14-4-6(7(11)5-14)8(12)13-16/h6-7,16H,4-5H2,1-3H3,(H2,12,13)/t6-,7+/m0/s1. The van der Waals surface area contributed by atoms with Gasteiger partial charge in [0.25, 0.3) is 0 Å². The normalized spacial score (nSPS) is 26.1. The maximum atomic E-state index is 13.5. The number of amidine groups is 1. The fourth-order valence-corrected chi connectivity index (χ4v) is 1.59. The van der Waals surface area contributed by atoms with Crippen LogP contribution in [0.25, 0.3) is 0 Å². The molecule has 0 bridgehead atoms. The number of halogens is 1. The number of ether oxygens (including phenoxy) is 1. The van der Waals surface area contributed by atoms with Crippen molar-refractivity contribution in [2.24, 2.45) is 16.8 Å². The second-order valence-electron chi connectivity index (χ2n) is 5.03. The maximum absolute atomic E-state index is 13.5. The molecule has 0 saturated carbocycles. The van der Waals surface area contributed by atoms with Gasteiger partial charge in [0.15, 0.2) is 0 Å². The van der Waals surface area contributed by atoms with Gasteiger partial charge in [-0.2, -0.15) is 0 Å². The molecule has 0 aliphatic carbocycles. The first kappa shape index (κ1) is 13.5. The lowest BCUT2D eigenvalue weighted by Gasteiger charge is -2.24. The fourth-order valence-electron chi connectivity index (χ4n) is 1.59. The van der Waals surface area contributed by atoms with Crippen LogP contribution in [0.15, 0.2) is 5.16 Å². The summed E-state index contributed by atoms with van der Waals surface area (Å²) in [5, 5.41) is 11.3. The molecule has 98 valence electrons. The van der Waals surface area contributed by atoms with Crippen molar-refractivity contribution >= 4 is 11.9 Å². The molecule has 0 aromatic rings. The summed E-state index contributed by atoms with van der Waals surface area (Å²) in [5.74, 6) is -0.976. The fraction of sp³-hybridized carbons (Fsp3) is 0.800. The van der Waals surface area contributed by atoms with E-state index in [0.29, 0.717) is 0 Å². The number of nitrogens with zero attached hydrogens (tertiary/aromatic N) is 2. The van der Waals surface area contributed by atoms with Gasteiger partial charge in [-0.3, -0.25) is 0 Å². The molecule has 0 aromatic heterocycles. The van der Waals surface area contributed by atoms with Crippen LogP contribution in [0.2, 0.25) is 0 Å². The molecule has 1 saturated heterocycles. The molecule has 0 unspecified atom stereocenters. The van der Waals surface area contributed by atoms with Crippen LogP contribution in [0.4, 0.5) is 9.18 Å². The zero-order valence-electron chi connectivity index (χ0n) is 10.2. The van der Waals surface area contributed by atoms with E-state index in [1.165, 1.54) is 4.90 Å².